The van der Waals surface area contributed by atoms with Gasteiger partial charge in [0, 0.05) is 5.69 Å². The summed E-state index contributed by atoms with van der Waals surface area (Å²) >= 11 is 0. The van der Waals surface area contributed by atoms with Gasteiger partial charge in [0.15, 0.2) is 0 Å². The molecule has 0 radical (unpaired) electrons. The summed E-state index contributed by atoms with van der Waals surface area (Å²) in [5, 5.41) is 0. The number of benzene rings is 2. The molecule has 2 heteroatoms. The number of hydrogen-bond donors (Lipinski definition) is 1. The minimum atomic E-state index is 0.438. The Hall–Kier alpha value is -1.96. The van der Waals surface area contributed by atoms with E-state index >= 15 is 0 Å². The predicted octanol–water partition coefficient (Wildman–Crippen LogP) is 4.04. The second kappa shape index (κ2) is 4.96. The van der Waals surface area contributed by atoms with E-state index < -0.39 is 0 Å². The van der Waals surface area contributed by atoms with Crippen LogP contribution >= 0.6 is 0 Å². The van der Waals surface area contributed by atoms with E-state index in [4.69, 9.17) is 10.5 Å². The Morgan fingerprint density at radius 2 is 1.89 bits per heavy atom. The molecule has 0 atom stereocenters. The third kappa shape index (κ3) is 2.73. The summed E-state index contributed by atoms with van der Waals surface area (Å²) in [7, 11) is 0. The summed E-state index contributed by atoms with van der Waals surface area (Å²) in [5.74, 6) is 0.967. The molecule has 98 valence electrons. The van der Waals surface area contributed by atoms with Gasteiger partial charge in [0.25, 0.3) is 0 Å². The molecule has 0 spiro atoms. The Kier molecular flexibility index (Phi) is 3.16. The molecule has 0 saturated heterocycles. The van der Waals surface area contributed by atoms with Crippen molar-refractivity contribution in [2.75, 3.05) is 5.73 Å². The van der Waals surface area contributed by atoms with Crippen molar-refractivity contribution in [2.24, 2.45) is 0 Å². The Bertz CT molecular complexity index is 588. The highest BCUT2D eigenvalue weighted by atomic mass is 16.5. The monoisotopic (exact) mass is 253 g/mol. The van der Waals surface area contributed by atoms with Crippen LogP contribution in [-0.4, -0.2) is 6.10 Å². The summed E-state index contributed by atoms with van der Waals surface area (Å²) in [6.07, 6.45) is 3.77. The van der Waals surface area contributed by atoms with Crippen LogP contribution in [0.4, 0.5) is 5.69 Å². The Labute approximate surface area is 114 Å². The number of nitrogens with two attached hydrogens (primary N) is 1. The summed E-state index contributed by atoms with van der Waals surface area (Å²) < 4.78 is 5.84. The molecule has 1 aliphatic rings. The molecule has 2 aromatic carbocycles. The van der Waals surface area contributed by atoms with Gasteiger partial charge >= 0.3 is 0 Å². The van der Waals surface area contributed by atoms with E-state index in [0.717, 1.165) is 17.9 Å². The molecular weight excluding hydrogens is 234 g/mol. The smallest absolute Gasteiger partial charge is 0.120 e. The van der Waals surface area contributed by atoms with Crippen molar-refractivity contribution in [1.82, 2.24) is 0 Å². The van der Waals surface area contributed by atoms with Crippen LogP contribution in [0, 0.1) is 0 Å². The zero-order valence-corrected chi connectivity index (χ0v) is 11.2. The molecule has 1 aliphatic carbocycles. The van der Waals surface area contributed by atoms with Crippen LogP contribution in [-0.2, 0) is 6.42 Å². The number of rotatable bonds is 4. The molecule has 2 N–H and O–H groups in total. The Balaban J connectivity index is 1.91. The van der Waals surface area contributed by atoms with Crippen molar-refractivity contribution in [1.29, 1.82) is 0 Å². The van der Waals surface area contributed by atoms with Gasteiger partial charge in [0.1, 0.15) is 5.75 Å². The topological polar surface area (TPSA) is 35.2 Å². The van der Waals surface area contributed by atoms with Gasteiger partial charge in [-0.3, -0.25) is 0 Å². The zero-order chi connectivity index (χ0) is 13.2. The highest BCUT2D eigenvalue weighted by Gasteiger charge is 2.23. The lowest BCUT2D eigenvalue weighted by Gasteiger charge is -2.09. The fourth-order valence-electron chi connectivity index (χ4n) is 2.22. The summed E-state index contributed by atoms with van der Waals surface area (Å²) in [5.41, 5.74) is 10.4. The predicted molar refractivity (Wildman–Crippen MR) is 79.3 cm³/mol. The molecule has 0 aromatic heterocycles. The number of hydrogen-bond acceptors (Lipinski definition) is 2. The highest BCUT2D eigenvalue weighted by Crippen LogP contribution is 2.30. The quantitative estimate of drug-likeness (QED) is 0.835. The summed E-state index contributed by atoms with van der Waals surface area (Å²) in [6.45, 7) is 2.13. The third-order valence-corrected chi connectivity index (χ3v) is 3.52. The number of ether oxygens (including phenoxy) is 1. The lowest BCUT2D eigenvalue weighted by atomic mass is 10.0. The minimum Gasteiger partial charge on any atom is -0.490 e. The molecule has 0 heterocycles. The molecular formula is C17H19NO. The fraction of sp³-hybridized carbons (Fsp3) is 0.294. The van der Waals surface area contributed by atoms with Gasteiger partial charge in [0.2, 0.25) is 0 Å². The normalized spacial score (nSPS) is 14.4. The number of aryl methyl sites for hydroxylation is 1. The zero-order valence-electron chi connectivity index (χ0n) is 11.2. The first-order chi connectivity index (χ1) is 9.26. The average Bonchev–Trinajstić information content (AvgIpc) is 3.23. The Morgan fingerprint density at radius 1 is 1.11 bits per heavy atom. The largest absolute Gasteiger partial charge is 0.490 e. The molecule has 3 rings (SSSR count). The van der Waals surface area contributed by atoms with Crippen LogP contribution in [0.1, 0.15) is 25.3 Å². The van der Waals surface area contributed by atoms with Gasteiger partial charge in [-0.25, -0.2) is 0 Å². The first kappa shape index (κ1) is 12.1. The standard InChI is InChI=1S/C17H19NO/c1-2-12-10-14(6-9-17(12)18)13-4-3-5-16(11-13)19-15-7-8-15/h3-6,9-11,15H,2,7-8,18H2,1H3. The third-order valence-electron chi connectivity index (χ3n) is 3.52. The van der Waals surface area contributed by atoms with E-state index in [0.29, 0.717) is 6.10 Å². The van der Waals surface area contributed by atoms with Gasteiger partial charge < -0.3 is 10.5 Å². The molecule has 1 saturated carbocycles. The summed E-state index contributed by atoms with van der Waals surface area (Å²) in [4.78, 5) is 0. The van der Waals surface area contributed by atoms with Crippen LogP contribution in [0.5, 0.6) is 5.75 Å². The molecule has 2 aromatic rings. The van der Waals surface area contributed by atoms with Crippen molar-refractivity contribution >= 4 is 5.69 Å². The Morgan fingerprint density at radius 3 is 2.63 bits per heavy atom. The van der Waals surface area contributed by atoms with E-state index in [1.165, 1.54) is 29.5 Å². The highest BCUT2D eigenvalue weighted by molar-refractivity contribution is 5.69. The van der Waals surface area contributed by atoms with Crippen LogP contribution in [0.15, 0.2) is 42.5 Å². The van der Waals surface area contributed by atoms with Crippen molar-refractivity contribution < 1.29 is 4.74 Å². The van der Waals surface area contributed by atoms with Gasteiger partial charge in [-0.05, 0) is 60.2 Å². The summed E-state index contributed by atoms with van der Waals surface area (Å²) in [6, 6.07) is 14.5. The number of anilines is 1. The molecule has 0 aliphatic heterocycles. The molecule has 1 fully saturated rings. The van der Waals surface area contributed by atoms with Crippen LogP contribution in [0.3, 0.4) is 0 Å². The van der Waals surface area contributed by atoms with Crippen molar-refractivity contribution in [2.45, 2.75) is 32.3 Å². The van der Waals surface area contributed by atoms with Crippen LogP contribution in [0.2, 0.25) is 0 Å². The second-order valence-corrected chi connectivity index (χ2v) is 5.11. The first-order valence-corrected chi connectivity index (χ1v) is 6.92. The van der Waals surface area contributed by atoms with E-state index in [9.17, 15) is 0 Å². The SMILES string of the molecule is CCc1cc(-c2cccc(OC3CC3)c2)ccc1N. The van der Waals surface area contributed by atoms with Crippen LogP contribution < -0.4 is 10.5 Å². The maximum absolute atomic E-state index is 5.96. The van der Waals surface area contributed by atoms with Gasteiger partial charge in [-0.15, -0.1) is 0 Å². The van der Waals surface area contributed by atoms with Gasteiger partial charge in [-0.1, -0.05) is 25.1 Å². The van der Waals surface area contributed by atoms with Crippen molar-refractivity contribution in [3.8, 4) is 16.9 Å². The van der Waals surface area contributed by atoms with Crippen molar-refractivity contribution in [3.05, 3.63) is 48.0 Å². The molecule has 0 bridgehead atoms. The first-order valence-electron chi connectivity index (χ1n) is 6.92. The molecule has 0 amide bonds. The van der Waals surface area contributed by atoms with Crippen molar-refractivity contribution in [3.63, 3.8) is 0 Å². The van der Waals surface area contributed by atoms with E-state index in [1.54, 1.807) is 0 Å². The maximum atomic E-state index is 5.96. The van der Waals surface area contributed by atoms with E-state index in [1.807, 2.05) is 12.1 Å². The van der Waals surface area contributed by atoms with E-state index in [-0.39, 0.29) is 0 Å². The van der Waals surface area contributed by atoms with Gasteiger partial charge in [0.05, 0.1) is 6.10 Å². The number of nitrogen functional groups attached to an aromatic ring is 1. The lowest BCUT2D eigenvalue weighted by molar-refractivity contribution is 0.303. The van der Waals surface area contributed by atoms with Crippen LogP contribution in [0.25, 0.3) is 11.1 Å². The van der Waals surface area contributed by atoms with Gasteiger partial charge in [-0.2, -0.15) is 0 Å². The second-order valence-electron chi connectivity index (χ2n) is 5.11. The molecule has 2 nitrogen and oxygen atoms in total. The maximum Gasteiger partial charge on any atom is 0.120 e. The fourth-order valence-corrected chi connectivity index (χ4v) is 2.22. The molecule has 0 unspecified atom stereocenters. The molecule has 19 heavy (non-hydrogen) atoms. The minimum absolute atomic E-state index is 0.438. The van der Waals surface area contributed by atoms with E-state index in [2.05, 4.69) is 37.3 Å². The lowest BCUT2D eigenvalue weighted by Crippen LogP contribution is -1.96. The average molecular weight is 253 g/mol.